The first kappa shape index (κ1) is 20.6. The van der Waals surface area contributed by atoms with Crippen LogP contribution in [0.3, 0.4) is 0 Å². The number of hydrazine groups is 1. The minimum Gasteiger partial charge on any atom is -0.484 e. The number of halogens is 1. The zero-order valence-corrected chi connectivity index (χ0v) is 16.7. The van der Waals surface area contributed by atoms with Crippen molar-refractivity contribution in [2.75, 3.05) is 26.2 Å². The normalized spacial score (nSPS) is 27.6. The van der Waals surface area contributed by atoms with Crippen LogP contribution in [0.25, 0.3) is 0 Å². The maximum absolute atomic E-state index is 13.3. The Labute approximate surface area is 174 Å². The van der Waals surface area contributed by atoms with E-state index in [1.54, 1.807) is 11.0 Å². The number of amides is 3. The van der Waals surface area contributed by atoms with Crippen molar-refractivity contribution in [3.63, 3.8) is 0 Å². The molecule has 3 fully saturated rings. The van der Waals surface area contributed by atoms with Gasteiger partial charge < -0.3 is 15.0 Å². The van der Waals surface area contributed by atoms with E-state index < -0.39 is 11.9 Å². The zero-order chi connectivity index (χ0) is 21.1. The summed E-state index contributed by atoms with van der Waals surface area (Å²) in [6.45, 7) is 1.29. The quantitative estimate of drug-likeness (QED) is 0.563. The van der Waals surface area contributed by atoms with Gasteiger partial charge >= 0.3 is 0 Å². The van der Waals surface area contributed by atoms with Gasteiger partial charge in [-0.05, 0) is 43.2 Å². The number of carbonyl (C=O) groups is 3. The smallest absolute Gasteiger partial charge is 0.261 e. The molecule has 3 amide bonds. The molecule has 3 unspecified atom stereocenters. The molecule has 2 aliphatic heterocycles. The highest BCUT2D eigenvalue weighted by Gasteiger charge is 2.49. The molecule has 0 spiro atoms. The second-order valence-electron chi connectivity index (χ2n) is 8.24. The summed E-state index contributed by atoms with van der Waals surface area (Å²) in [5.74, 6) is -0.453. The van der Waals surface area contributed by atoms with E-state index in [0.29, 0.717) is 25.6 Å². The highest BCUT2D eigenvalue weighted by Crippen LogP contribution is 2.42. The number of carbonyl (C=O) groups excluding carboxylic acids is 3. The van der Waals surface area contributed by atoms with Gasteiger partial charge in [-0.1, -0.05) is 12.5 Å². The van der Waals surface area contributed by atoms with Crippen LogP contribution in [0.1, 0.15) is 25.7 Å². The third-order valence-electron chi connectivity index (χ3n) is 6.36. The van der Waals surface area contributed by atoms with Crippen molar-refractivity contribution in [1.29, 1.82) is 0 Å². The topological polar surface area (TPSA) is 99.8 Å². The first-order chi connectivity index (χ1) is 14.5. The Hall–Kier alpha value is -2.68. The fourth-order valence-electron chi connectivity index (χ4n) is 4.86. The second kappa shape index (κ2) is 8.99. The summed E-state index contributed by atoms with van der Waals surface area (Å²) in [4.78, 5) is 39.0. The maximum atomic E-state index is 13.3. The van der Waals surface area contributed by atoms with Gasteiger partial charge in [0.25, 0.3) is 11.8 Å². The molecular formula is C21H27FN4O4. The van der Waals surface area contributed by atoms with Gasteiger partial charge in [-0.2, -0.15) is 0 Å². The van der Waals surface area contributed by atoms with Crippen LogP contribution in [0.15, 0.2) is 24.3 Å². The third-order valence-corrected chi connectivity index (χ3v) is 6.36. The molecule has 0 bridgehead atoms. The molecule has 3 aliphatic rings. The van der Waals surface area contributed by atoms with Gasteiger partial charge in [-0.3, -0.25) is 19.8 Å². The first-order valence-corrected chi connectivity index (χ1v) is 10.5. The van der Waals surface area contributed by atoms with Gasteiger partial charge in [-0.15, -0.1) is 0 Å². The predicted molar refractivity (Wildman–Crippen MR) is 105 cm³/mol. The van der Waals surface area contributed by atoms with Crippen LogP contribution in [-0.2, 0) is 14.4 Å². The van der Waals surface area contributed by atoms with Crippen LogP contribution in [0, 0.1) is 23.6 Å². The average Bonchev–Trinajstić information content (AvgIpc) is 3.42. The molecule has 1 saturated carbocycles. The molecule has 1 aromatic carbocycles. The van der Waals surface area contributed by atoms with Crippen LogP contribution < -0.4 is 20.9 Å². The first-order valence-electron chi connectivity index (χ1n) is 10.5. The van der Waals surface area contributed by atoms with Crippen LogP contribution in [0.2, 0.25) is 0 Å². The van der Waals surface area contributed by atoms with Crippen molar-refractivity contribution in [1.82, 2.24) is 21.1 Å². The van der Waals surface area contributed by atoms with E-state index in [2.05, 4.69) is 16.2 Å². The van der Waals surface area contributed by atoms with E-state index in [1.165, 1.54) is 18.2 Å². The lowest BCUT2D eigenvalue weighted by Gasteiger charge is -2.27. The van der Waals surface area contributed by atoms with Crippen molar-refractivity contribution in [2.24, 2.45) is 17.8 Å². The number of likely N-dealkylation sites (tertiary alicyclic amines) is 1. The standard InChI is InChI=1S/C21H27FN4O4/c22-15-4-2-5-16(9-15)30-12-18(27)26-11-14-3-1-6-17(14)19(26)21(29)25-24-10-13-7-8-23-20(13)28/h2,4-5,9,13-14,17,19,24H,1,3,6-8,10-12H2,(H,23,28)(H,25,29)/t13-,14?,17?,19?/m0/s1. The lowest BCUT2D eigenvalue weighted by molar-refractivity contribution is -0.141. The third kappa shape index (κ3) is 4.40. The summed E-state index contributed by atoms with van der Waals surface area (Å²) < 4.78 is 18.8. The number of nitrogens with zero attached hydrogens (tertiary/aromatic N) is 1. The number of hydrogen-bond acceptors (Lipinski definition) is 5. The SMILES string of the molecule is O=C(NNC[C@@H]1CCNC1=O)C1C2CCCC2CN1C(=O)COc1cccc(F)c1. The molecule has 30 heavy (non-hydrogen) atoms. The molecule has 1 aliphatic carbocycles. The molecule has 8 nitrogen and oxygen atoms in total. The summed E-state index contributed by atoms with van der Waals surface area (Å²) in [5, 5.41) is 2.76. The lowest BCUT2D eigenvalue weighted by atomic mass is 9.93. The number of ether oxygens (including phenoxy) is 1. The van der Waals surface area contributed by atoms with Gasteiger partial charge in [0, 0.05) is 25.7 Å². The fraction of sp³-hybridized carbons (Fsp3) is 0.571. The van der Waals surface area contributed by atoms with Gasteiger partial charge in [0.15, 0.2) is 6.61 Å². The summed E-state index contributed by atoms with van der Waals surface area (Å²) in [6.07, 6.45) is 3.69. The second-order valence-corrected chi connectivity index (χ2v) is 8.24. The van der Waals surface area contributed by atoms with Crippen molar-refractivity contribution in [3.8, 4) is 5.75 Å². The zero-order valence-electron chi connectivity index (χ0n) is 16.7. The van der Waals surface area contributed by atoms with Gasteiger partial charge in [-0.25, -0.2) is 9.82 Å². The van der Waals surface area contributed by atoms with Crippen LogP contribution in [0.5, 0.6) is 5.75 Å². The molecule has 9 heteroatoms. The van der Waals surface area contributed by atoms with E-state index in [9.17, 15) is 18.8 Å². The lowest BCUT2D eigenvalue weighted by Crippen LogP contribution is -2.53. The van der Waals surface area contributed by atoms with Crippen LogP contribution >= 0.6 is 0 Å². The highest BCUT2D eigenvalue weighted by molar-refractivity contribution is 5.89. The Morgan fingerprint density at radius 2 is 2.13 bits per heavy atom. The Morgan fingerprint density at radius 1 is 1.27 bits per heavy atom. The van der Waals surface area contributed by atoms with Crippen molar-refractivity contribution in [2.45, 2.75) is 31.7 Å². The van der Waals surface area contributed by atoms with Gasteiger partial charge in [0.2, 0.25) is 5.91 Å². The molecule has 162 valence electrons. The van der Waals surface area contributed by atoms with E-state index in [0.717, 1.165) is 25.7 Å². The summed E-state index contributed by atoms with van der Waals surface area (Å²) >= 11 is 0. The van der Waals surface area contributed by atoms with Crippen molar-refractivity contribution in [3.05, 3.63) is 30.1 Å². The molecule has 4 rings (SSSR count). The van der Waals surface area contributed by atoms with E-state index in [1.807, 2.05) is 0 Å². The largest absolute Gasteiger partial charge is 0.484 e. The number of fused-ring (bicyclic) bond motifs is 1. The Balaban J connectivity index is 1.35. The van der Waals surface area contributed by atoms with E-state index in [4.69, 9.17) is 4.74 Å². The Kier molecular flexibility index (Phi) is 6.17. The molecule has 3 N–H and O–H groups in total. The molecule has 0 radical (unpaired) electrons. The van der Waals surface area contributed by atoms with Crippen LogP contribution in [-0.4, -0.2) is 54.9 Å². The summed E-state index contributed by atoms with van der Waals surface area (Å²) in [7, 11) is 0. The molecule has 2 saturated heterocycles. The van der Waals surface area contributed by atoms with Crippen molar-refractivity contribution >= 4 is 17.7 Å². The molecule has 1 aromatic rings. The van der Waals surface area contributed by atoms with Gasteiger partial charge in [0.1, 0.15) is 17.6 Å². The number of benzene rings is 1. The predicted octanol–water partition coefficient (Wildman–Crippen LogP) is 0.589. The Bertz CT molecular complexity index is 820. The number of hydrogen-bond donors (Lipinski definition) is 3. The number of nitrogens with one attached hydrogen (secondary N) is 3. The summed E-state index contributed by atoms with van der Waals surface area (Å²) in [6, 6.07) is 5.06. The van der Waals surface area contributed by atoms with E-state index >= 15 is 0 Å². The minimum absolute atomic E-state index is 0.0141. The molecule has 2 heterocycles. The maximum Gasteiger partial charge on any atom is 0.261 e. The molecule has 0 aromatic heterocycles. The van der Waals surface area contributed by atoms with Gasteiger partial charge in [0.05, 0.1) is 5.92 Å². The fourth-order valence-corrected chi connectivity index (χ4v) is 4.86. The monoisotopic (exact) mass is 418 g/mol. The summed E-state index contributed by atoms with van der Waals surface area (Å²) in [5.41, 5.74) is 5.56. The average molecular weight is 418 g/mol. The highest BCUT2D eigenvalue weighted by atomic mass is 19.1. The number of rotatable bonds is 7. The van der Waals surface area contributed by atoms with E-state index in [-0.39, 0.29) is 41.9 Å². The van der Waals surface area contributed by atoms with Crippen LogP contribution in [0.4, 0.5) is 4.39 Å². The minimum atomic E-state index is -0.564. The van der Waals surface area contributed by atoms with Crippen molar-refractivity contribution < 1.29 is 23.5 Å². The molecular weight excluding hydrogens is 391 g/mol. The molecule has 4 atom stereocenters. The Morgan fingerprint density at radius 3 is 2.90 bits per heavy atom.